The lowest BCUT2D eigenvalue weighted by molar-refractivity contribution is -0.117. The van der Waals surface area contributed by atoms with E-state index in [0.717, 1.165) is 0 Å². The number of anilines is 1. The largest absolute Gasteiger partial charge is 0.295 e. The van der Waals surface area contributed by atoms with Crippen molar-refractivity contribution in [3.05, 3.63) is 33.8 Å². The van der Waals surface area contributed by atoms with Crippen LogP contribution in [0.3, 0.4) is 0 Å². The first kappa shape index (κ1) is 11.7. The number of carbonyl (C=O) groups is 1. The van der Waals surface area contributed by atoms with Gasteiger partial charge in [0.15, 0.2) is 5.82 Å². The van der Waals surface area contributed by atoms with Gasteiger partial charge in [0.05, 0.1) is 5.02 Å². The lowest BCUT2D eigenvalue weighted by Crippen LogP contribution is -2.26. The average Bonchev–Trinajstić information content (AvgIpc) is 2.68. The molecule has 1 aromatic rings. The second kappa shape index (κ2) is 5.03. The number of rotatable bonds is 3. The van der Waals surface area contributed by atoms with E-state index in [1.165, 1.54) is 0 Å². The van der Waals surface area contributed by atoms with Crippen molar-refractivity contribution in [2.24, 2.45) is 11.0 Å². The van der Waals surface area contributed by atoms with Gasteiger partial charge in [0.2, 0.25) is 5.91 Å². The van der Waals surface area contributed by atoms with Gasteiger partial charge in [-0.15, -0.1) is 0 Å². The SMILES string of the molecule is [N-]=[N+]=NCC1CC(=O)N(c2ncccc2Cl)C1. The Hall–Kier alpha value is -1.78. The third kappa shape index (κ3) is 2.49. The molecule has 0 aromatic carbocycles. The molecule has 6 nitrogen and oxygen atoms in total. The highest BCUT2D eigenvalue weighted by Crippen LogP contribution is 2.28. The van der Waals surface area contributed by atoms with Gasteiger partial charge in [0, 0.05) is 30.6 Å². The van der Waals surface area contributed by atoms with E-state index in [0.29, 0.717) is 30.4 Å². The third-order valence-corrected chi connectivity index (χ3v) is 2.90. The summed E-state index contributed by atoms with van der Waals surface area (Å²) in [6.07, 6.45) is 1.96. The van der Waals surface area contributed by atoms with Crippen LogP contribution in [0.5, 0.6) is 0 Å². The first-order valence-electron chi connectivity index (χ1n) is 5.14. The fraction of sp³-hybridized carbons (Fsp3) is 0.400. The summed E-state index contributed by atoms with van der Waals surface area (Å²) in [7, 11) is 0. The first-order chi connectivity index (χ1) is 8.22. The zero-order chi connectivity index (χ0) is 12.3. The number of azide groups is 1. The molecule has 0 spiro atoms. The van der Waals surface area contributed by atoms with Crippen LogP contribution in [-0.4, -0.2) is 24.0 Å². The van der Waals surface area contributed by atoms with E-state index in [-0.39, 0.29) is 11.8 Å². The highest BCUT2D eigenvalue weighted by Gasteiger charge is 2.31. The molecule has 2 heterocycles. The van der Waals surface area contributed by atoms with Crippen molar-refractivity contribution < 1.29 is 4.79 Å². The summed E-state index contributed by atoms with van der Waals surface area (Å²) >= 11 is 5.98. The lowest BCUT2D eigenvalue weighted by atomic mass is 10.1. The molecule has 17 heavy (non-hydrogen) atoms. The number of hydrogen-bond acceptors (Lipinski definition) is 3. The highest BCUT2D eigenvalue weighted by molar-refractivity contribution is 6.33. The van der Waals surface area contributed by atoms with E-state index in [2.05, 4.69) is 15.0 Å². The molecular weight excluding hydrogens is 242 g/mol. The number of hydrogen-bond donors (Lipinski definition) is 0. The number of halogens is 1. The minimum atomic E-state index is -0.0382. The topological polar surface area (TPSA) is 82.0 Å². The molecule has 88 valence electrons. The highest BCUT2D eigenvalue weighted by atomic mass is 35.5. The quantitative estimate of drug-likeness (QED) is 0.469. The van der Waals surface area contributed by atoms with E-state index in [4.69, 9.17) is 17.1 Å². The molecule has 1 aliphatic rings. The van der Waals surface area contributed by atoms with Crippen LogP contribution in [0.25, 0.3) is 10.4 Å². The van der Waals surface area contributed by atoms with Crippen LogP contribution in [0.15, 0.2) is 23.4 Å². The summed E-state index contributed by atoms with van der Waals surface area (Å²) in [5.41, 5.74) is 8.25. The lowest BCUT2D eigenvalue weighted by Gasteiger charge is -2.16. The second-order valence-electron chi connectivity index (χ2n) is 3.80. The van der Waals surface area contributed by atoms with Gasteiger partial charge in [-0.05, 0) is 23.6 Å². The molecule has 0 N–H and O–H groups in total. The van der Waals surface area contributed by atoms with Gasteiger partial charge in [-0.3, -0.25) is 9.69 Å². The Labute approximate surface area is 103 Å². The van der Waals surface area contributed by atoms with Crippen LogP contribution in [-0.2, 0) is 4.79 Å². The molecule has 1 unspecified atom stereocenters. The van der Waals surface area contributed by atoms with Crippen molar-refractivity contribution in [2.45, 2.75) is 6.42 Å². The summed E-state index contributed by atoms with van der Waals surface area (Å²) < 4.78 is 0. The molecule has 1 fully saturated rings. The van der Waals surface area contributed by atoms with Crippen molar-refractivity contribution >= 4 is 23.3 Å². The molecule has 0 aliphatic carbocycles. The average molecular weight is 252 g/mol. The van der Waals surface area contributed by atoms with Gasteiger partial charge >= 0.3 is 0 Å². The van der Waals surface area contributed by atoms with Crippen LogP contribution >= 0.6 is 11.6 Å². The molecule has 1 aliphatic heterocycles. The summed E-state index contributed by atoms with van der Waals surface area (Å²) in [6.45, 7) is 0.817. The molecule has 1 saturated heterocycles. The molecular formula is C10H10ClN5O. The zero-order valence-corrected chi connectivity index (χ0v) is 9.71. The van der Waals surface area contributed by atoms with Crippen molar-refractivity contribution in [2.75, 3.05) is 18.0 Å². The van der Waals surface area contributed by atoms with Gasteiger partial charge in [-0.25, -0.2) is 4.98 Å². The molecule has 1 atom stereocenters. The van der Waals surface area contributed by atoms with Gasteiger partial charge in [-0.2, -0.15) is 0 Å². The van der Waals surface area contributed by atoms with E-state index in [1.54, 1.807) is 23.2 Å². The number of carbonyl (C=O) groups excluding carboxylic acids is 1. The number of aromatic nitrogens is 1. The molecule has 0 bridgehead atoms. The van der Waals surface area contributed by atoms with Crippen LogP contribution in [0.1, 0.15) is 6.42 Å². The van der Waals surface area contributed by atoms with Crippen LogP contribution in [0, 0.1) is 5.92 Å². The smallest absolute Gasteiger partial charge is 0.228 e. The molecule has 1 aromatic heterocycles. The third-order valence-electron chi connectivity index (χ3n) is 2.60. The Morgan fingerprint density at radius 2 is 2.53 bits per heavy atom. The molecule has 2 rings (SSSR count). The molecule has 0 radical (unpaired) electrons. The fourth-order valence-electron chi connectivity index (χ4n) is 1.84. The monoisotopic (exact) mass is 251 g/mol. The minimum absolute atomic E-state index is 0.0382. The van der Waals surface area contributed by atoms with Gasteiger partial charge in [0.1, 0.15) is 0 Å². The Kier molecular flexibility index (Phi) is 3.46. The van der Waals surface area contributed by atoms with Crippen molar-refractivity contribution in [3.63, 3.8) is 0 Å². The van der Waals surface area contributed by atoms with Gasteiger partial charge in [-0.1, -0.05) is 16.7 Å². The summed E-state index contributed by atoms with van der Waals surface area (Å²) in [6, 6.07) is 3.40. The van der Waals surface area contributed by atoms with E-state index < -0.39 is 0 Å². The normalized spacial score (nSPS) is 19.2. The van der Waals surface area contributed by atoms with Crippen LogP contribution < -0.4 is 4.90 Å². The molecule has 1 amide bonds. The maximum atomic E-state index is 11.8. The number of nitrogens with zero attached hydrogens (tertiary/aromatic N) is 5. The van der Waals surface area contributed by atoms with Gasteiger partial charge < -0.3 is 0 Å². The first-order valence-corrected chi connectivity index (χ1v) is 5.52. The molecule has 0 saturated carbocycles. The summed E-state index contributed by atoms with van der Waals surface area (Å²) in [5, 5.41) is 3.94. The predicted molar refractivity (Wildman–Crippen MR) is 63.7 cm³/mol. The number of pyridine rings is 1. The van der Waals surface area contributed by atoms with Crippen LogP contribution in [0.2, 0.25) is 5.02 Å². The number of amides is 1. The summed E-state index contributed by atoms with van der Waals surface area (Å²) in [5.74, 6) is 0.475. The standard InChI is InChI=1S/C10H10ClN5O/c11-8-2-1-3-13-10(8)16-6-7(4-9(16)17)5-14-15-12/h1-3,7H,4-6H2. The maximum Gasteiger partial charge on any atom is 0.228 e. The van der Waals surface area contributed by atoms with Crippen molar-refractivity contribution in [1.82, 2.24) is 4.98 Å². The predicted octanol–water partition coefficient (Wildman–Crippen LogP) is 2.40. The maximum absolute atomic E-state index is 11.8. The van der Waals surface area contributed by atoms with E-state index in [9.17, 15) is 4.79 Å². The zero-order valence-electron chi connectivity index (χ0n) is 8.95. The Morgan fingerprint density at radius 3 is 3.24 bits per heavy atom. The van der Waals surface area contributed by atoms with E-state index in [1.807, 2.05) is 0 Å². The van der Waals surface area contributed by atoms with E-state index >= 15 is 0 Å². The van der Waals surface area contributed by atoms with Crippen molar-refractivity contribution in [3.8, 4) is 0 Å². The van der Waals surface area contributed by atoms with Crippen LogP contribution in [0.4, 0.5) is 5.82 Å². The second-order valence-corrected chi connectivity index (χ2v) is 4.20. The van der Waals surface area contributed by atoms with Gasteiger partial charge in [0.25, 0.3) is 0 Å². The fourth-order valence-corrected chi connectivity index (χ4v) is 2.06. The Bertz CT molecular complexity index is 485. The Balaban J connectivity index is 2.16. The molecule has 7 heteroatoms. The summed E-state index contributed by atoms with van der Waals surface area (Å²) in [4.78, 5) is 20.1. The van der Waals surface area contributed by atoms with Crippen molar-refractivity contribution in [1.29, 1.82) is 0 Å². The minimum Gasteiger partial charge on any atom is -0.295 e. The Morgan fingerprint density at radius 1 is 1.71 bits per heavy atom.